The van der Waals surface area contributed by atoms with Crippen LogP contribution in [0.15, 0.2) is 14.8 Å². The summed E-state index contributed by atoms with van der Waals surface area (Å²) < 4.78 is 32.7. The monoisotopic (exact) mass is 426 g/mol. The molecule has 10 heteroatoms. The Kier molecular flexibility index (Phi) is 6.21. The van der Waals surface area contributed by atoms with Crippen LogP contribution < -0.4 is 5.32 Å². The van der Waals surface area contributed by atoms with Crippen molar-refractivity contribution < 1.29 is 17.7 Å². The van der Waals surface area contributed by atoms with E-state index in [9.17, 15) is 13.2 Å². The lowest BCUT2D eigenvalue weighted by atomic mass is 10.0. The van der Waals surface area contributed by atoms with Gasteiger partial charge in [-0.25, -0.2) is 13.4 Å². The molecule has 2 aromatic heterocycles. The summed E-state index contributed by atoms with van der Waals surface area (Å²) >= 11 is 1.52. The molecule has 1 fully saturated rings. The third-order valence-electron chi connectivity index (χ3n) is 4.84. The maximum absolute atomic E-state index is 13.1. The summed E-state index contributed by atoms with van der Waals surface area (Å²) in [6.07, 6.45) is 1.66. The van der Waals surface area contributed by atoms with E-state index < -0.39 is 10.0 Å². The molecule has 2 aromatic rings. The van der Waals surface area contributed by atoms with Crippen LogP contribution in [0.5, 0.6) is 0 Å². The second-order valence-electron chi connectivity index (χ2n) is 7.41. The summed E-state index contributed by atoms with van der Waals surface area (Å²) in [5.41, 5.74) is 1.19. The molecule has 1 amide bonds. The smallest absolute Gasteiger partial charge is 0.248 e. The third-order valence-corrected chi connectivity index (χ3v) is 8.00. The van der Waals surface area contributed by atoms with Crippen molar-refractivity contribution in [2.24, 2.45) is 5.92 Å². The fraction of sp³-hybridized carbons (Fsp3) is 0.611. The number of sulfonamides is 1. The van der Waals surface area contributed by atoms with Crippen molar-refractivity contribution in [1.29, 1.82) is 0 Å². The van der Waals surface area contributed by atoms with Crippen LogP contribution in [-0.2, 0) is 21.4 Å². The number of amides is 1. The van der Waals surface area contributed by atoms with Gasteiger partial charge in [0.1, 0.15) is 10.6 Å². The van der Waals surface area contributed by atoms with Crippen molar-refractivity contribution in [3.05, 3.63) is 27.5 Å². The SMILES string of the molecule is Cc1noc(C)c1S(=O)(=O)N1CCC[C@H](c2nc(CNC(=O)C(C)C)cs2)C1. The minimum atomic E-state index is -3.65. The van der Waals surface area contributed by atoms with Crippen molar-refractivity contribution in [2.75, 3.05) is 13.1 Å². The van der Waals surface area contributed by atoms with Crippen molar-refractivity contribution in [2.45, 2.75) is 57.9 Å². The number of carbonyl (C=O) groups excluding carboxylic acids is 1. The molecule has 1 aliphatic rings. The molecular weight excluding hydrogens is 400 g/mol. The molecule has 1 saturated heterocycles. The highest BCUT2D eigenvalue weighted by Gasteiger charge is 2.35. The Bertz CT molecular complexity index is 929. The van der Waals surface area contributed by atoms with E-state index in [2.05, 4.69) is 15.5 Å². The highest BCUT2D eigenvalue weighted by Crippen LogP contribution is 2.33. The van der Waals surface area contributed by atoms with Crippen LogP contribution in [0.25, 0.3) is 0 Å². The predicted octanol–water partition coefficient (Wildman–Crippen LogP) is 2.59. The number of thiazole rings is 1. The summed E-state index contributed by atoms with van der Waals surface area (Å²) in [5, 5.41) is 9.48. The number of piperidine rings is 1. The third kappa shape index (κ3) is 4.28. The number of carbonyl (C=O) groups is 1. The second kappa shape index (κ2) is 8.30. The average molecular weight is 427 g/mol. The Balaban J connectivity index is 1.71. The topological polar surface area (TPSA) is 105 Å². The number of aryl methyl sites for hydroxylation is 2. The fourth-order valence-electron chi connectivity index (χ4n) is 3.31. The minimum absolute atomic E-state index is 0.0102. The molecule has 3 heterocycles. The van der Waals surface area contributed by atoms with Crippen LogP contribution in [0.1, 0.15) is 54.8 Å². The standard InChI is InChI=1S/C18H26N4O4S2/c1-11(2)17(23)19-8-15-10-27-18(20-15)14-6-5-7-22(9-14)28(24,25)16-12(3)21-26-13(16)4/h10-11,14H,5-9H2,1-4H3,(H,19,23)/t14-/m0/s1. The fourth-order valence-corrected chi connectivity index (χ4v) is 6.07. The molecule has 3 rings (SSSR count). The number of nitrogens with zero attached hydrogens (tertiary/aromatic N) is 3. The average Bonchev–Trinajstić information content (AvgIpc) is 3.26. The molecule has 1 atom stereocenters. The second-order valence-corrected chi connectivity index (χ2v) is 10.2. The van der Waals surface area contributed by atoms with Crippen LogP contribution in [0, 0.1) is 19.8 Å². The molecule has 8 nitrogen and oxygen atoms in total. The number of aromatic nitrogens is 2. The van der Waals surface area contributed by atoms with Crippen molar-refractivity contribution in [3.63, 3.8) is 0 Å². The predicted molar refractivity (Wildman–Crippen MR) is 106 cm³/mol. The van der Waals surface area contributed by atoms with Gasteiger partial charge in [-0.15, -0.1) is 11.3 Å². The van der Waals surface area contributed by atoms with Gasteiger partial charge in [-0.2, -0.15) is 4.31 Å². The zero-order chi connectivity index (χ0) is 20.5. The Morgan fingerprint density at radius 2 is 2.18 bits per heavy atom. The highest BCUT2D eigenvalue weighted by molar-refractivity contribution is 7.89. The quantitative estimate of drug-likeness (QED) is 0.761. The van der Waals surface area contributed by atoms with Crippen molar-refractivity contribution >= 4 is 27.3 Å². The summed E-state index contributed by atoms with van der Waals surface area (Å²) in [5.74, 6) is 0.282. The van der Waals surface area contributed by atoms with Crippen LogP contribution in [0.3, 0.4) is 0 Å². The van der Waals surface area contributed by atoms with Gasteiger partial charge in [-0.1, -0.05) is 19.0 Å². The molecule has 0 aromatic carbocycles. The lowest BCUT2D eigenvalue weighted by Gasteiger charge is -2.30. The van der Waals surface area contributed by atoms with E-state index in [1.807, 2.05) is 19.2 Å². The summed E-state index contributed by atoms with van der Waals surface area (Å²) in [6, 6.07) is 0. The molecular formula is C18H26N4O4S2. The molecule has 1 N–H and O–H groups in total. The molecule has 154 valence electrons. The number of rotatable bonds is 6. The molecule has 0 unspecified atom stereocenters. The summed E-state index contributed by atoms with van der Waals surface area (Å²) in [7, 11) is -3.65. The van der Waals surface area contributed by atoms with E-state index in [4.69, 9.17) is 4.52 Å². The first-order valence-electron chi connectivity index (χ1n) is 9.35. The zero-order valence-electron chi connectivity index (χ0n) is 16.6. The van der Waals surface area contributed by atoms with E-state index >= 15 is 0 Å². The van der Waals surface area contributed by atoms with Gasteiger partial charge in [-0.3, -0.25) is 4.79 Å². The first kappa shape index (κ1) is 20.9. The Labute approximate surface area is 169 Å². The summed E-state index contributed by atoms with van der Waals surface area (Å²) in [4.78, 5) is 16.5. The molecule has 0 radical (unpaired) electrons. The highest BCUT2D eigenvalue weighted by atomic mass is 32.2. The first-order chi connectivity index (χ1) is 13.2. The molecule has 28 heavy (non-hydrogen) atoms. The Morgan fingerprint density at radius 1 is 1.43 bits per heavy atom. The molecule has 0 saturated carbocycles. The van der Waals surface area contributed by atoms with E-state index in [-0.39, 0.29) is 22.6 Å². The maximum Gasteiger partial charge on any atom is 0.248 e. The minimum Gasteiger partial charge on any atom is -0.360 e. The molecule has 0 bridgehead atoms. The largest absolute Gasteiger partial charge is 0.360 e. The van der Waals surface area contributed by atoms with Crippen LogP contribution in [-0.4, -0.2) is 41.9 Å². The Morgan fingerprint density at radius 3 is 2.82 bits per heavy atom. The van der Waals surface area contributed by atoms with Gasteiger partial charge in [0.2, 0.25) is 15.9 Å². The molecule has 0 aliphatic carbocycles. The van der Waals surface area contributed by atoms with Crippen LogP contribution in [0.4, 0.5) is 0 Å². The van der Waals surface area contributed by atoms with Gasteiger partial charge in [0.25, 0.3) is 0 Å². The van der Waals surface area contributed by atoms with Crippen molar-refractivity contribution in [3.8, 4) is 0 Å². The van der Waals surface area contributed by atoms with Gasteiger partial charge in [0.15, 0.2) is 5.76 Å². The molecule has 0 spiro atoms. The summed E-state index contributed by atoms with van der Waals surface area (Å²) in [6.45, 7) is 8.20. The number of hydrogen-bond donors (Lipinski definition) is 1. The van der Waals surface area contributed by atoms with Crippen LogP contribution >= 0.6 is 11.3 Å². The van der Waals surface area contributed by atoms with Gasteiger partial charge in [0, 0.05) is 30.3 Å². The van der Waals surface area contributed by atoms with Gasteiger partial charge in [0.05, 0.1) is 17.2 Å². The molecule has 1 aliphatic heterocycles. The van der Waals surface area contributed by atoms with E-state index in [1.165, 1.54) is 15.6 Å². The van der Waals surface area contributed by atoms with Gasteiger partial charge >= 0.3 is 0 Å². The normalized spacial score (nSPS) is 18.5. The van der Waals surface area contributed by atoms with Crippen LogP contribution in [0.2, 0.25) is 0 Å². The zero-order valence-corrected chi connectivity index (χ0v) is 18.2. The van der Waals surface area contributed by atoms with Gasteiger partial charge < -0.3 is 9.84 Å². The van der Waals surface area contributed by atoms with Gasteiger partial charge in [-0.05, 0) is 26.7 Å². The first-order valence-corrected chi connectivity index (χ1v) is 11.7. The lowest BCUT2D eigenvalue weighted by Crippen LogP contribution is -2.39. The maximum atomic E-state index is 13.1. The Hall–Kier alpha value is -1.78. The van der Waals surface area contributed by atoms with E-state index in [0.717, 1.165) is 23.5 Å². The van der Waals surface area contributed by atoms with E-state index in [0.29, 0.717) is 31.1 Å². The van der Waals surface area contributed by atoms with E-state index in [1.54, 1.807) is 13.8 Å². The number of nitrogens with one attached hydrogen (secondary N) is 1. The number of hydrogen-bond acceptors (Lipinski definition) is 7. The van der Waals surface area contributed by atoms with Crippen molar-refractivity contribution in [1.82, 2.24) is 19.8 Å². The lowest BCUT2D eigenvalue weighted by molar-refractivity contribution is -0.124.